The van der Waals surface area contributed by atoms with Crippen LogP contribution in [0.15, 0.2) is 47.0 Å². The van der Waals surface area contributed by atoms with E-state index in [9.17, 15) is 4.55 Å². The summed E-state index contributed by atoms with van der Waals surface area (Å²) in [5.41, 5.74) is 3.45. The van der Waals surface area contributed by atoms with Gasteiger partial charge in [0.05, 0.1) is 11.2 Å². The van der Waals surface area contributed by atoms with Crippen LogP contribution in [0, 0.1) is 0 Å². The molecule has 1 atom stereocenters. The number of pyridine rings is 1. The number of aromatic nitrogens is 3. The van der Waals surface area contributed by atoms with E-state index in [0.29, 0.717) is 5.69 Å². The molecule has 3 rings (SSSR count). The van der Waals surface area contributed by atoms with Crippen LogP contribution in [-0.2, 0) is 18.4 Å². The standard InChI is InChI=1S/C18H20N4OS/c1-18(2,3)24(23)20-12-15-13(9-7-11-19-15)17-14-8-5-6-10-16(14)22(4)21-17/h5-12H,1-4H3. The fraction of sp³-hybridized carbons (Fsp3) is 0.278. The lowest BCUT2D eigenvalue weighted by atomic mass is 10.1. The second-order valence-corrected chi connectivity index (χ2v) is 8.46. The van der Waals surface area contributed by atoms with Crippen molar-refractivity contribution in [2.24, 2.45) is 11.4 Å². The summed E-state index contributed by atoms with van der Waals surface area (Å²) in [7, 11) is 1.92. The first-order valence-corrected chi connectivity index (χ1v) is 8.82. The van der Waals surface area contributed by atoms with Gasteiger partial charge in [0, 0.05) is 24.2 Å². The third kappa shape index (κ3) is 3.20. The minimum absolute atomic E-state index is 0.400. The fourth-order valence-electron chi connectivity index (χ4n) is 2.39. The number of rotatable bonds is 3. The molecular weight excluding hydrogens is 320 g/mol. The van der Waals surface area contributed by atoms with Crippen LogP contribution in [0.4, 0.5) is 0 Å². The van der Waals surface area contributed by atoms with Gasteiger partial charge in [-0.1, -0.05) is 22.6 Å². The van der Waals surface area contributed by atoms with Gasteiger partial charge in [0.25, 0.3) is 0 Å². The molecule has 0 bridgehead atoms. The summed E-state index contributed by atoms with van der Waals surface area (Å²) >= 11 is -1.32. The topological polar surface area (TPSA) is 66.1 Å². The van der Waals surface area contributed by atoms with E-state index < -0.39 is 16.1 Å². The molecule has 1 unspecified atom stereocenters. The Labute approximate surface area is 144 Å². The molecule has 1 aromatic carbocycles. The van der Waals surface area contributed by atoms with E-state index in [-0.39, 0.29) is 0 Å². The first kappa shape index (κ1) is 16.7. The van der Waals surface area contributed by atoms with E-state index in [1.807, 2.05) is 68.9 Å². The SMILES string of the molecule is Cn1nc(-c2cccnc2C=N[S+]([O-])C(C)(C)C)c2ccccc21. The summed E-state index contributed by atoms with van der Waals surface area (Å²) in [5.74, 6) is 0. The molecule has 0 saturated carbocycles. The number of para-hydroxylation sites is 1. The lowest BCUT2D eigenvalue weighted by molar-refractivity contribution is 0.562. The monoisotopic (exact) mass is 340 g/mol. The van der Waals surface area contributed by atoms with E-state index in [2.05, 4.69) is 14.5 Å². The number of fused-ring (bicyclic) bond motifs is 1. The molecule has 24 heavy (non-hydrogen) atoms. The third-order valence-electron chi connectivity index (χ3n) is 3.65. The molecule has 0 N–H and O–H groups in total. The number of benzene rings is 1. The summed E-state index contributed by atoms with van der Waals surface area (Å²) in [6, 6.07) is 11.9. The van der Waals surface area contributed by atoms with Gasteiger partial charge in [0.2, 0.25) is 0 Å². The Bertz CT molecular complexity index is 895. The van der Waals surface area contributed by atoms with Gasteiger partial charge in [0.15, 0.2) is 0 Å². The molecule has 0 aliphatic rings. The van der Waals surface area contributed by atoms with Crippen molar-refractivity contribution < 1.29 is 4.55 Å². The van der Waals surface area contributed by atoms with Gasteiger partial charge in [-0.2, -0.15) is 5.10 Å². The molecule has 0 aliphatic heterocycles. The van der Waals surface area contributed by atoms with Crippen LogP contribution in [0.2, 0.25) is 0 Å². The Kier molecular flexibility index (Phi) is 4.43. The summed E-state index contributed by atoms with van der Waals surface area (Å²) in [6.07, 6.45) is 3.29. The van der Waals surface area contributed by atoms with Crippen LogP contribution in [0.5, 0.6) is 0 Å². The van der Waals surface area contributed by atoms with Gasteiger partial charge in [-0.3, -0.25) is 9.67 Å². The van der Waals surface area contributed by atoms with Gasteiger partial charge >= 0.3 is 0 Å². The van der Waals surface area contributed by atoms with Crippen molar-refractivity contribution in [3.63, 3.8) is 0 Å². The third-order valence-corrected chi connectivity index (χ3v) is 4.99. The van der Waals surface area contributed by atoms with E-state index >= 15 is 0 Å². The quantitative estimate of drug-likeness (QED) is 0.541. The molecule has 0 radical (unpaired) electrons. The summed E-state index contributed by atoms with van der Waals surface area (Å²) < 4.78 is 17.8. The highest BCUT2D eigenvalue weighted by atomic mass is 32.2. The molecular formula is C18H20N4OS. The van der Waals surface area contributed by atoms with Crippen molar-refractivity contribution in [1.82, 2.24) is 14.8 Å². The second kappa shape index (κ2) is 6.37. The second-order valence-electron chi connectivity index (χ2n) is 6.52. The Morgan fingerprint density at radius 2 is 1.92 bits per heavy atom. The lowest BCUT2D eigenvalue weighted by Crippen LogP contribution is -2.25. The fourth-order valence-corrected chi connectivity index (χ4v) is 2.90. The molecule has 0 saturated heterocycles. The molecule has 2 heterocycles. The molecule has 2 aromatic heterocycles. The van der Waals surface area contributed by atoms with E-state index in [0.717, 1.165) is 22.2 Å². The Morgan fingerprint density at radius 1 is 1.17 bits per heavy atom. The Balaban J connectivity index is 2.08. The molecule has 6 heteroatoms. The van der Waals surface area contributed by atoms with Crippen LogP contribution < -0.4 is 0 Å². The number of aryl methyl sites for hydroxylation is 1. The molecule has 0 aliphatic carbocycles. The zero-order chi connectivity index (χ0) is 17.3. The minimum Gasteiger partial charge on any atom is -0.591 e. The zero-order valence-electron chi connectivity index (χ0n) is 14.2. The van der Waals surface area contributed by atoms with Crippen LogP contribution in [0.1, 0.15) is 26.5 Å². The van der Waals surface area contributed by atoms with E-state index in [1.165, 1.54) is 0 Å². The highest BCUT2D eigenvalue weighted by Gasteiger charge is 2.26. The predicted molar refractivity (Wildman–Crippen MR) is 99.4 cm³/mol. The number of nitrogens with zero attached hydrogens (tertiary/aromatic N) is 4. The minimum atomic E-state index is -1.32. The van der Waals surface area contributed by atoms with Crippen molar-refractivity contribution in [2.75, 3.05) is 0 Å². The smallest absolute Gasteiger partial charge is 0.144 e. The summed E-state index contributed by atoms with van der Waals surface area (Å²) in [4.78, 5) is 4.39. The van der Waals surface area contributed by atoms with E-state index in [4.69, 9.17) is 0 Å². The van der Waals surface area contributed by atoms with Crippen LogP contribution in [0.3, 0.4) is 0 Å². The first-order valence-electron chi connectivity index (χ1n) is 7.71. The molecule has 0 fully saturated rings. The van der Waals surface area contributed by atoms with Crippen molar-refractivity contribution >= 4 is 28.5 Å². The first-order chi connectivity index (χ1) is 11.4. The van der Waals surface area contributed by atoms with Gasteiger partial charge in [-0.15, -0.1) is 0 Å². The highest BCUT2D eigenvalue weighted by Crippen LogP contribution is 2.28. The maximum Gasteiger partial charge on any atom is 0.144 e. The van der Waals surface area contributed by atoms with Crippen molar-refractivity contribution in [1.29, 1.82) is 0 Å². The molecule has 0 amide bonds. The summed E-state index contributed by atoms with van der Waals surface area (Å²) in [5, 5.41) is 5.69. The largest absolute Gasteiger partial charge is 0.591 e. The van der Waals surface area contributed by atoms with Crippen molar-refractivity contribution in [3.8, 4) is 11.3 Å². The van der Waals surface area contributed by atoms with Crippen LogP contribution >= 0.6 is 0 Å². The van der Waals surface area contributed by atoms with Gasteiger partial charge in [-0.05, 0) is 39.0 Å². The van der Waals surface area contributed by atoms with Crippen LogP contribution in [-0.4, -0.2) is 30.3 Å². The molecule has 5 nitrogen and oxygen atoms in total. The van der Waals surface area contributed by atoms with Gasteiger partial charge in [-0.25, -0.2) is 0 Å². The maximum atomic E-state index is 12.2. The average Bonchev–Trinajstić information content (AvgIpc) is 2.89. The lowest BCUT2D eigenvalue weighted by Gasteiger charge is -2.17. The predicted octanol–water partition coefficient (Wildman–Crippen LogP) is 3.52. The molecule has 0 spiro atoms. The Hall–Kier alpha value is -2.18. The zero-order valence-corrected chi connectivity index (χ0v) is 15.0. The molecule has 124 valence electrons. The average molecular weight is 340 g/mol. The van der Waals surface area contributed by atoms with Crippen LogP contribution in [0.25, 0.3) is 22.2 Å². The van der Waals surface area contributed by atoms with E-state index in [1.54, 1.807) is 12.4 Å². The van der Waals surface area contributed by atoms with Crippen molar-refractivity contribution in [3.05, 3.63) is 48.3 Å². The van der Waals surface area contributed by atoms with Gasteiger partial charge < -0.3 is 4.55 Å². The molecule has 3 aromatic rings. The number of hydrogen-bond donors (Lipinski definition) is 0. The maximum absolute atomic E-state index is 12.2. The summed E-state index contributed by atoms with van der Waals surface area (Å²) in [6.45, 7) is 5.68. The normalized spacial score (nSPS) is 13.7. The van der Waals surface area contributed by atoms with Crippen molar-refractivity contribution in [2.45, 2.75) is 25.5 Å². The number of hydrogen-bond acceptors (Lipinski definition) is 4. The van der Waals surface area contributed by atoms with Gasteiger partial charge in [0.1, 0.15) is 28.0 Å². The Morgan fingerprint density at radius 3 is 2.67 bits per heavy atom. The highest BCUT2D eigenvalue weighted by molar-refractivity contribution is 7.91.